The lowest BCUT2D eigenvalue weighted by molar-refractivity contribution is -0.149. The monoisotopic (exact) mass is 463 g/mol. The van der Waals surface area contributed by atoms with Gasteiger partial charge in [0.15, 0.2) is 0 Å². The summed E-state index contributed by atoms with van der Waals surface area (Å²) in [6, 6.07) is 10.6. The van der Waals surface area contributed by atoms with E-state index in [2.05, 4.69) is 15.3 Å². The summed E-state index contributed by atoms with van der Waals surface area (Å²) < 4.78 is 0. The molecule has 2 N–H and O–H groups in total. The molecule has 3 atom stereocenters. The number of likely N-dealkylation sites (tertiary alicyclic amines) is 1. The van der Waals surface area contributed by atoms with Crippen molar-refractivity contribution in [1.29, 1.82) is 0 Å². The summed E-state index contributed by atoms with van der Waals surface area (Å²) >= 11 is 0. The maximum absolute atomic E-state index is 13.6. The molecule has 1 aliphatic heterocycles. The first-order chi connectivity index (χ1) is 16.5. The summed E-state index contributed by atoms with van der Waals surface area (Å²) in [6.45, 7) is 0.0346. The van der Waals surface area contributed by atoms with Crippen LogP contribution in [0.2, 0.25) is 0 Å². The topological polar surface area (TPSA) is 135 Å². The molecule has 2 fully saturated rings. The van der Waals surface area contributed by atoms with Gasteiger partial charge in [0.2, 0.25) is 5.91 Å². The Morgan fingerprint density at radius 1 is 1.12 bits per heavy atom. The second kappa shape index (κ2) is 10.6. The molecular weight excluding hydrogens is 434 g/mol. The molecule has 0 aromatic heterocycles. The highest BCUT2D eigenvalue weighted by Gasteiger charge is 2.42. The van der Waals surface area contributed by atoms with Crippen LogP contribution in [0, 0.1) is 5.92 Å². The number of azide groups is 1. The Morgan fingerprint density at radius 3 is 2.56 bits per heavy atom. The Labute approximate surface area is 197 Å². The van der Waals surface area contributed by atoms with Crippen molar-refractivity contribution in [3.63, 3.8) is 0 Å². The Morgan fingerprint density at radius 2 is 1.85 bits per heavy atom. The standard InChI is InChI=1S/C25H29N5O4/c26-29-28-20-14-22(25(33)34)30(15-20)24(32)21(12-16-6-2-1-3-7-16)27-23(31)19-11-10-17-8-4-5-9-18(17)13-19/h4-5,8-11,13,16,20-22H,1-3,6-7,12,14-15H2,(H,27,31)(H,33,34)/t20-,21-,22+/m1/s1. The third-order valence-electron chi connectivity index (χ3n) is 6.97. The van der Waals surface area contributed by atoms with Crippen molar-refractivity contribution in [1.82, 2.24) is 10.2 Å². The van der Waals surface area contributed by atoms with Gasteiger partial charge in [-0.3, -0.25) is 9.59 Å². The average Bonchev–Trinajstić information content (AvgIpc) is 3.28. The zero-order valence-corrected chi connectivity index (χ0v) is 19.0. The molecule has 2 aromatic carbocycles. The van der Waals surface area contributed by atoms with Crippen LogP contribution in [0.5, 0.6) is 0 Å². The number of carbonyl (C=O) groups is 3. The lowest BCUT2D eigenvalue weighted by atomic mass is 9.84. The summed E-state index contributed by atoms with van der Waals surface area (Å²) in [5, 5.41) is 18.1. The lowest BCUT2D eigenvalue weighted by Gasteiger charge is -2.31. The van der Waals surface area contributed by atoms with Crippen molar-refractivity contribution < 1.29 is 19.5 Å². The second-order valence-electron chi connectivity index (χ2n) is 9.27. The van der Waals surface area contributed by atoms with E-state index in [1.165, 1.54) is 11.3 Å². The van der Waals surface area contributed by atoms with Crippen LogP contribution in [0.4, 0.5) is 0 Å². The number of rotatable bonds is 7. The Kier molecular flexibility index (Phi) is 7.33. The molecule has 2 amide bonds. The van der Waals surface area contributed by atoms with Crippen LogP contribution in [0.3, 0.4) is 0 Å². The van der Waals surface area contributed by atoms with E-state index in [1.807, 2.05) is 30.3 Å². The number of carbonyl (C=O) groups excluding carboxylic acids is 2. The Hall–Kier alpha value is -3.58. The van der Waals surface area contributed by atoms with Crippen LogP contribution in [0.1, 0.15) is 55.3 Å². The number of hydrogen-bond acceptors (Lipinski definition) is 4. The third-order valence-corrected chi connectivity index (χ3v) is 6.97. The van der Waals surface area contributed by atoms with Gasteiger partial charge in [0, 0.05) is 17.0 Å². The first kappa shape index (κ1) is 23.6. The maximum atomic E-state index is 13.6. The second-order valence-corrected chi connectivity index (χ2v) is 9.27. The molecule has 1 saturated heterocycles. The minimum Gasteiger partial charge on any atom is -0.480 e. The molecule has 0 spiro atoms. The molecule has 0 unspecified atom stereocenters. The SMILES string of the molecule is [N-]=[N+]=N[C@@H]1C[C@@H](C(=O)O)N(C(=O)[C@@H](CC2CCCCC2)NC(=O)c2ccc3ccccc3c2)C1. The van der Waals surface area contributed by atoms with E-state index in [1.54, 1.807) is 12.1 Å². The van der Waals surface area contributed by atoms with Gasteiger partial charge in [0.05, 0.1) is 6.04 Å². The fraction of sp³-hybridized carbons (Fsp3) is 0.480. The minimum absolute atomic E-state index is 0.0346. The lowest BCUT2D eigenvalue weighted by Crippen LogP contribution is -2.52. The van der Waals surface area contributed by atoms with Gasteiger partial charge >= 0.3 is 5.97 Å². The van der Waals surface area contributed by atoms with Crippen molar-refractivity contribution in [2.45, 2.75) is 63.1 Å². The van der Waals surface area contributed by atoms with Crippen LogP contribution >= 0.6 is 0 Å². The van der Waals surface area contributed by atoms with E-state index in [0.717, 1.165) is 36.5 Å². The molecule has 0 radical (unpaired) electrons. The smallest absolute Gasteiger partial charge is 0.326 e. The predicted octanol–water partition coefficient (Wildman–Crippen LogP) is 4.27. The fourth-order valence-corrected chi connectivity index (χ4v) is 5.20. The first-order valence-electron chi connectivity index (χ1n) is 11.8. The van der Waals surface area contributed by atoms with E-state index in [4.69, 9.17) is 5.53 Å². The largest absolute Gasteiger partial charge is 0.480 e. The minimum atomic E-state index is -1.14. The maximum Gasteiger partial charge on any atom is 0.326 e. The number of aliphatic carboxylic acids is 1. The molecule has 1 saturated carbocycles. The molecular formula is C25H29N5O4. The van der Waals surface area contributed by atoms with Gasteiger partial charge in [0.1, 0.15) is 12.1 Å². The molecule has 9 heteroatoms. The number of carboxylic acid groups (broad SMARTS) is 1. The quantitative estimate of drug-likeness (QED) is 0.360. The summed E-state index contributed by atoms with van der Waals surface area (Å²) in [6.07, 6.45) is 5.85. The van der Waals surface area contributed by atoms with Crippen molar-refractivity contribution in [3.05, 3.63) is 58.5 Å². The molecule has 4 rings (SSSR count). The number of hydrogen-bond donors (Lipinski definition) is 2. The van der Waals surface area contributed by atoms with Crippen LogP contribution in [0.25, 0.3) is 21.2 Å². The molecule has 2 aromatic rings. The number of nitrogens with one attached hydrogen (secondary N) is 1. The van der Waals surface area contributed by atoms with Gasteiger partial charge < -0.3 is 15.3 Å². The molecule has 9 nitrogen and oxygen atoms in total. The van der Waals surface area contributed by atoms with E-state index >= 15 is 0 Å². The fourth-order valence-electron chi connectivity index (χ4n) is 5.20. The Balaban J connectivity index is 1.57. The van der Waals surface area contributed by atoms with E-state index in [-0.39, 0.29) is 18.9 Å². The van der Waals surface area contributed by atoms with Gasteiger partial charge in [0.25, 0.3) is 5.91 Å². The normalized spacial score (nSPS) is 21.6. The highest BCUT2D eigenvalue weighted by atomic mass is 16.4. The molecule has 2 aliphatic rings. The summed E-state index contributed by atoms with van der Waals surface area (Å²) in [5.41, 5.74) is 9.22. The zero-order chi connectivity index (χ0) is 24.1. The number of fused-ring (bicyclic) bond motifs is 1. The molecule has 34 heavy (non-hydrogen) atoms. The van der Waals surface area contributed by atoms with Crippen LogP contribution in [-0.4, -0.2) is 52.5 Å². The van der Waals surface area contributed by atoms with Crippen LogP contribution < -0.4 is 5.32 Å². The van der Waals surface area contributed by atoms with Crippen LogP contribution in [-0.2, 0) is 9.59 Å². The van der Waals surface area contributed by atoms with Gasteiger partial charge in [-0.1, -0.05) is 67.6 Å². The van der Waals surface area contributed by atoms with E-state index in [0.29, 0.717) is 17.9 Å². The van der Waals surface area contributed by atoms with Gasteiger partial charge in [-0.05, 0) is 47.2 Å². The van der Waals surface area contributed by atoms with Crippen molar-refractivity contribution >= 4 is 28.6 Å². The van der Waals surface area contributed by atoms with Gasteiger partial charge in [-0.15, -0.1) is 0 Å². The summed E-state index contributed by atoms with van der Waals surface area (Å²) in [4.78, 5) is 42.6. The summed E-state index contributed by atoms with van der Waals surface area (Å²) in [5.74, 6) is -1.64. The van der Waals surface area contributed by atoms with Gasteiger partial charge in [-0.25, -0.2) is 4.79 Å². The van der Waals surface area contributed by atoms with Gasteiger partial charge in [-0.2, -0.15) is 0 Å². The van der Waals surface area contributed by atoms with E-state index < -0.39 is 30.0 Å². The van der Waals surface area contributed by atoms with Crippen molar-refractivity contribution in [2.24, 2.45) is 11.0 Å². The van der Waals surface area contributed by atoms with E-state index in [9.17, 15) is 19.5 Å². The number of nitrogens with zero attached hydrogens (tertiary/aromatic N) is 4. The number of benzene rings is 2. The summed E-state index contributed by atoms with van der Waals surface area (Å²) in [7, 11) is 0. The number of carboxylic acids is 1. The predicted molar refractivity (Wildman–Crippen MR) is 127 cm³/mol. The number of amides is 2. The first-order valence-corrected chi connectivity index (χ1v) is 11.8. The molecule has 1 heterocycles. The Bertz CT molecular complexity index is 1120. The highest BCUT2D eigenvalue weighted by molar-refractivity contribution is 6.01. The molecule has 178 valence electrons. The third kappa shape index (κ3) is 5.31. The van der Waals surface area contributed by atoms with Crippen LogP contribution in [0.15, 0.2) is 47.6 Å². The van der Waals surface area contributed by atoms with Crippen molar-refractivity contribution in [2.75, 3.05) is 6.54 Å². The highest BCUT2D eigenvalue weighted by Crippen LogP contribution is 2.29. The van der Waals surface area contributed by atoms with Crippen molar-refractivity contribution in [3.8, 4) is 0 Å². The average molecular weight is 464 g/mol. The molecule has 0 bridgehead atoms. The zero-order valence-electron chi connectivity index (χ0n) is 19.0. The molecule has 1 aliphatic carbocycles.